The maximum Gasteiger partial charge on any atom is -1.00 e. The van der Waals surface area contributed by atoms with Gasteiger partial charge in [0.25, 0.3) is 0 Å². The summed E-state index contributed by atoms with van der Waals surface area (Å²) in [5.74, 6) is 0. The predicted molar refractivity (Wildman–Crippen MR) is 82.7 cm³/mol. The van der Waals surface area contributed by atoms with Gasteiger partial charge in [-0.3, -0.25) is 0 Å². The molecule has 1 aromatic carbocycles. The maximum atomic E-state index is 2.49. The molecule has 22 heavy (non-hydrogen) atoms. The zero-order valence-electron chi connectivity index (χ0n) is 13.9. The van der Waals surface area contributed by atoms with Crippen LogP contribution in [0, 0.1) is 13.8 Å². The van der Waals surface area contributed by atoms with E-state index in [1.165, 1.54) is 23.1 Å². The van der Waals surface area contributed by atoms with Gasteiger partial charge in [-0.2, -0.15) is 0 Å². The standard InChI is InChI=1S/C17H23Si.3ClH.Ti/c1-13-6-7-14(2)16(10-13)11-15-8-9-17(12-15)18(3,4)5;;;;/h6-7,9-10H,8,11H2,1-5H3;3*1H;/q;;;;+3/p-3. The van der Waals surface area contributed by atoms with Crippen LogP contribution >= 0.6 is 0 Å². The molecule has 0 amide bonds. The van der Waals surface area contributed by atoms with Gasteiger partial charge in [0, 0.05) is 0 Å². The molecule has 0 bridgehead atoms. The van der Waals surface area contributed by atoms with Gasteiger partial charge in [-0.1, -0.05) is 0 Å². The fourth-order valence-corrected chi connectivity index (χ4v) is 6.54. The van der Waals surface area contributed by atoms with Crippen molar-refractivity contribution in [2.24, 2.45) is 0 Å². The molecule has 0 nitrogen and oxygen atoms in total. The van der Waals surface area contributed by atoms with Gasteiger partial charge in [0.1, 0.15) is 0 Å². The van der Waals surface area contributed by atoms with Crippen LogP contribution in [0.4, 0.5) is 0 Å². The molecule has 5 heteroatoms. The molecule has 0 saturated carbocycles. The fraction of sp³-hybridized carbons (Fsp3) is 0.412. The van der Waals surface area contributed by atoms with Crippen molar-refractivity contribution in [3.8, 4) is 0 Å². The second kappa shape index (κ2) is 9.71. The summed E-state index contributed by atoms with van der Waals surface area (Å²) < 4.78 is 1.58. The van der Waals surface area contributed by atoms with Crippen LogP contribution in [0.1, 0.15) is 23.1 Å². The molecule has 0 heterocycles. The Hall–Kier alpha value is 0.501. The molecular weight excluding hydrogens is 386 g/mol. The summed E-state index contributed by atoms with van der Waals surface area (Å²) in [6.07, 6.45) is 4.78. The van der Waals surface area contributed by atoms with Gasteiger partial charge in [0.2, 0.25) is 0 Å². The van der Waals surface area contributed by atoms with Crippen molar-refractivity contribution in [1.82, 2.24) is 0 Å². The number of halogens is 3. The number of hydrogen-bond donors (Lipinski definition) is 0. The van der Waals surface area contributed by atoms with E-state index >= 15 is 0 Å². The van der Waals surface area contributed by atoms with E-state index < -0.39 is 8.07 Å². The van der Waals surface area contributed by atoms with Gasteiger partial charge in [0.05, 0.1) is 0 Å². The van der Waals surface area contributed by atoms with E-state index in [-0.39, 0.29) is 37.2 Å². The van der Waals surface area contributed by atoms with Crippen LogP contribution in [-0.4, -0.2) is 8.07 Å². The van der Waals surface area contributed by atoms with E-state index in [9.17, 15) is 0 Å². The predicted octanol–water partition coefficient (Wildman–Crippen LogP) is -4.13. The third-order valence-corrected chi connectivity index (χ3v) is 7.33. The Morgan fingerprint density at radius 1 is 1.05 bits per heavy atom. The fourth-order valence-electron chi connectivity index (χ4n) is 2.68. The number of hydrogen-bond acceptors (Lipinski definition) is 0. The first-order valence-electron chi connectivity index (χ1n) is 7.00. The van der Waals surface area contributed by atoms with Crippen molar-refractivity contribution in [2.75, 3.05) is 0 Å². The molecule has 0 saturated heterocycles. The minimum absolute atomic E-state index is 0. The van der Waals surface area contributed by atoms with Gasteiger partial charge >= 0.3 is 130 Å². The van der Waals surface area contributed by atoms with Gasteiger partial charge in [-0.25, -0.2) is 0 Å². The first kappa shape index (κ1) is 24.7. The van der Waals surface area contributed by atoms with Crippen molar-refractivity contribution < 1.29 is 57.7 Å². The van der Waals surface area contributed by atoms with Crippen molar-refractivity contribution in [3.05, 3.63) is 55.6 Å². The Balaban J connectivity index is 0. The average Bonchev–Trinajstić information content (AvgIpc) is 2.65. The van der Waals surface area contributed by atoms with Gasteiger partial charge in [-0.15, -0.1) is 0 Å². The molecule has 1 aliphatic carbocycles. The molecule has 0 unspecified atom stereocenters. The molecule has 0 spiro atoms. The second-order valence-corrected chi connectivity index (χ2v) is 12.5. The molecule has 0 atom stereocenters. The summed E-state index contributed by atoms with van der Waals surface area (Å²) in [6.45, 7) is 11.8. The van der Waals surface area contributed by atoms with Crippen LogP contribution in [0.2, 0.25) is 19.6 Å². The largest absolute Gasteiger partial charge is 1.00 e. The minimum Gasteiger partial charge on any atom is -1.00 e. The van der Waals surface area contributed by atoms with E-state index in [0.717, 1.165) is 6.42 Å². The molecule has 0 fully saturated rings. The van der Waals surface area contributed by atoms with E-state index in [4.69, 9.17) is 0 Å². The smallest absolute Gasteiger partial charge is 1.00 e. The zero-order valence-corrected chi connectivity index (χ0v) is 18.7. The summed E-state index contributed by atoms with van der Waals surface area (Å²) in [5.41, 5.74) is 5.92. The summed E-state index contributed by atoms with van der Waals surface area (Å²) in [6, 6.07) is 6.81. The van der Waals surface area contributed by atoms with E-state index in [1.54, 1.807) is 14.6 Å². The Bertz CT molecular complexity index is 572. The maximum absolute atomic E-state index is 2.49. The van der Waals surface area contributed by atoms with Crippen LogP contribution in [0.25, 0.3) is 0 Å². The Kier molecular flexibility index (Phi) is 10.9. The number of rotatable bonds is 3. The molecule has 2 rings (SSSR count). The quantitative estimate of drug-likeness (QED) is 0.445. The topological polar surface area (TPSA) is 0 Å². The molecular formula is C17H23Cl3SiTi. The van der Waals surface area contributed by atoms with Crippen LogP contribution in [0.3, 0.4) is 0 Å². The Labute approximate surface area is 166 Å². The first-order valence-corrected chi connectivity index (χ1v) is 11.3. The van der Waals surface area contributed by atoms with Gasteiger partial charge < -0.3 is 37.2 Å². The van der Waals surface area contributed by atoms with Crippen molar-refractivity contribution in [2.45, 2.75) is 46.3 Å². The SMILES string of the molecule is Cc1ccc(C)c(CC2=[C]([Ti+3])C([Si](C)(C)C)=CC2)c1.[Cl-].[Cl-].[Cl-]. The molecule has 0 radical (unpaired) electrons. The van der Waals surface area contributed by atoms with E-state index in [0.29, 0.717) is 0 Å². The minimum atomic E-state index is -1.17. The van der Waals surface area contributed by atoms with Crippen LogP contribution in [0.15, 0.2) is 38.9 Å². The van der Waals surface area contributed by atoms with Gasteiger partial charge in [-0.05, 0) is 0 Å². The molecule has 0 aliphatic heterocycles. The Morgan fingerprint density at radius 3 is 2.14 bits per heavy atom. The third-order valence-electron chi connectivity index (χ3n) is 3.89. The van der Waals surface area contributed by atoms with Crippen molar-refractivity contribution in [1.29, 1.82) is 0 Å². The normalized spacial score (nSPS) is 13.9. The summed E-state index contributed by atoms with van der Waals surface area (Å²) >= 11 is 2.33. The molecule has 120 valence electrons. The number of benzene rings is 1. The third kappa shape index (κ3) is 5.85. The van der Waals surface area contributed by atoms with Crippen molar-refractivity contribution >= 4 is 8.07 Å². The van der Waals surface area contributed by atoms with Crippen molar-refractivity contribution in [3.63, 3.8) is 0 Å². The summed E-state index contributed by atoms with van der Waals surface area (Å²) in [4.78, 5) is 0. The van der Waals surface area contributed by atoms with Gasteiger partial charge in [0.15, 0.2) is 0 Å². The Morgan fingerprint density at radius 2 is 1.64 bits per heavy atom. The molecule has 0 aromatic heterocycles. The molecule has 1 aromatic rings. The first-order chi connectivity index (χ1) is 8.79. The van der Waals surface area contributed by atoms with Crippen LogP contribution in [-0.2, 0) is 26.9 Å². The number of aryl methyl sites for hydroxylation is 2. The average molecular weight is 410 g/mol. The summed E-state index contributed by atoms with van der Waals surface area (Å²) in [7, 11) is -1.17. The molecule has 1 aliphatic rings. The van der Waals surface area contributed by atoms with E-state index in [1.807, 2.05) is 0 Å². The summed E-state index contributed by atoms with van der Waals surface area (Å²) in [5, 5.41) is 1.67. The second-order valence-electron chi connectivity index (χ2n) is 6.66. The van der Waals surface area contributed by atoms with Crippen LogP contribution < -0.4 is 37.2 Å². The molecule has 0 N–H and O–H groups in total. The zero-order chi connectivity index (χ0) is 14.2. The monoisotopic (exact) mass is 408 g/mol. The number of allylic oxidation sites excluding steroid dienone is 4. The van der Waals surface area contributed by atoms with Crippen LogP contribution in [0.5, 0.6) is 0 Å². The van der Waals surface area contributed by atoms with E-state index in [2.05, 4.69) is 78.2 Å².